The Labute approximate surface area is 160 Å². The molecule has 4 heteroatoms. The second-order valence-electron chi connectivity index (χ2n) is 7.98. The summed E-state index contributed by atoms with van der Waals surface area (Å²) in [4.78, 5) is 15.7. The third-order valence-corrected chi connectivity index (χ3v) is 6.09. The number of ether oxygens (including phenoxy) is 1. The van der Waals surface area contributed by atoms with Crippen LogP contribution in [0.3, 0.4) is 0 Å². The van der Waals surface area contributed by atoms with E-state index in [1.54, 1.807) is 24.3 Å². The van der Waals surface area contributed by atoms with Crippen LogP contribution in [0.15, 0.2) is 60.7 Å². The summed E-state index contributed by atoms with van der Waals surface area (Å²) in [6.45, 7) is 1.90. The molecule has 2 bridgehead atoms. The Morgan fingerprint density at radius 1 is 0.963 bits per heavy atom. The zero-order valence-electron chi connectivity index (χ0n) is 15.8. The van der Waals surface area contributed by atoms with Crippen molar-refractivity contribution in [2.75, 3.05) is 20.1 Å². The van der Waals surface area contributed by atoms with Crippen molar-refractivity contribution in [1.29, 1.82) is 0 Å². The smallest absolute Gasteiger partial charge is 0.347 e. The first-order valence-corrected chi connectivity index (χ1v) is 9.82. The first kappa shape index (κ1) is 18.2. The third-order valence-electron chi connectivity index (χ3n) is 6.09. The van der Waals surface area contributed by atoms with Gasteiger partial charge in [0.15, 0.2) is 0 Å². The average Bonchev–Trinajstić information content (AvgIpc) is 2.69. The van der Waals surface area contributed by atoms with E-state index in [4.69, 9.17) is 4.74 Å². The topological polar surface area (TPSA) is 49.8 Å². The Hall–Kier alpha value is -2.17. The van der Waals surface area contributed by atoms with Crippen molar-refractivity contribution < 1.29 is 14.6 Å². The van der Waals surface area contributed by atoms with Crippen LogP contribution in [0.5, 0.6) is 0 Å². The Morgan fingerprint density at radius 2 is 1.44 bits per heavy atom. The molecule has 1 aliphatic heterocycles. The maximum atomic E-state index is 13.4. The van der Waals surface area contributed by atoms with Gasteiger partial charge in [0.25, 0.3) is 0 Å². The maximum Gasteiger partial charge on any atom is 0.347 e. The first-order chi connectivity index (χ1) is 13.1. The number of hydrogen-bond acceptors (Lipinski definition) is 4. The van der Waals surface area contributed by atoms with Crippen LogP contribution in [0.25, 0.3) is 0 Å². The number of fused-ring (bicyclic) bond motifs is 2. The van der Waals surface area contributed by atoms with Gasteiger partial charge in [-0.1, -0.05) is 67.1 Å². The number of carbonyl (C=O) groups excluding carboxylic acids is 1. The molecule has 0 radical (unpaired) electrons. The monoisotopic (exact) mass is 365 g/mol. The summed E-state index contributed by atoms with van der Waals surface area (Å²) in [5, 5.41) is 11.6. The highest BCUT2D eigenvalue weighted by Crippen LogP contribution is 2.39. The van der Waals surface area contributed by atoms with E-state index in [1.807, 2.05) is 36.4 Å². The van der Waals surface area contributed by atoms with Crippen molar-refractivity contribution in [3.05, 3.63) is 71.8 Å². The normalized spacial score (nSPS) is 25.8. The molecule has 1 saturated heterocycles. The summed E-state index contributed by atoms with van der Waals surface area (Å²) in [6.07, 6.45) is 3.24. The summed E-state index contributed by atoms with van der Waals surface area (Å²) in [5.41, 5.74) is -0.709. The Bertz CT molecular complexity index is 723. The quantitative estimate of drug-likeness (QED) is 0.846. The molecule has 2 aromatic carbocycles. The summed E-state index contributed by atoms with van der Waals surface area (Å²) < 4.78 is 6.07. The van der Waals surface area contributed by atoms with Crippen LogP contribution in [0, 0.1) is 11.8 Å². The number of benzene rings is 2. The van der Waals surface area contributed by atoms with Crippen LogP contribution in [0.1, 0.15) is 30.4 Å². The van der Waals surface area contributed by atoms with Crippen LogP contribution in [-0.4, -0.2) is 42.2 Å². The van der Waals surface area contributed by atoms with Crippen molar-refractivity contribution in [1.82, 2.24) is 4.90 Å². The number of hydrogen-bond donors (Lipinski definition) is 1. The van der Waals surface area contributed by atoms with Gasteiger partial charge in [0.05, 0.1) is 0 Å². The summed E-state index contributed by atoms with van der Waals surface area (Å²) in [6, 6.07) is 18.2. The second-order valence-corrected chi connectivity index (χ2v) is 7.98. The molecule has 4 rings (SSSR count). The standard InChI is InChI=1S/C23H27NO3/c1-24-15-17-9-8-10-18(16-24)21(17)27-22(25)23(26,19-11-4-2-5-12-19)20-13-6-3-7-14-20/h2-7,11-14,17-18,21,26H,8-10,15-16H2,1H3. The number of esters is 1. The maximum absolute atomic E-state index is 13.4. The highest BCUT2D eigenvalue weighted by atomic mass is 16.6. The van der Waals surface area contributed by atoms with Crippen molar-refractivity contribution in [2.24, 2.45) is 11.8 Å². The van der Waals surface area contributed by atoms with Gasteiger partial charge in [-0.25, -0.2) is 4.79 Å². The molecule has 142 valence electrons. The van der Waals surface area contributed by atoms with E-state index >= 15 is 0 Å². The summed E-state index contributed by atoms with van der Waals surface area (Å²) >= 11 is 0. The van der Waals surface area contributed by atoms with Crippen LogP contribution >= 0.6 is 0 Å². The SMILES string of the molecule is CN1CC2CCCC(C1)C2OC(=O)C(O)(c1ccccc1)c1ccccc1. The van der Waals surface area contributed by atoms with Gasteiger partial charge in [-0.15, -0.1) is 0 Å². The molecule has 0 amide bonds. The molecule has 1 N–H and O–H groups in total. The molecule has 0 aromatic heterocycles. The molecular weight excluding hydrogens is 338 g/mol. The van der Waals surface area contributed by atoms with Gasteiger partial charge in [0, 0.05) is 24.9 Å². The Kier molecular flexibility index (Phi) is 5.02. The van der Waals surface area contributed by atoms with E-state index < -0.39 is 11.6 Å². The minimum Gasteiger partial charge on any atom is -0.459 e. The molecule has 2 unspecified atom stereocenters. The molecule has 4 nitrogen and oxygen atoms in total. The van der Waals surface area contributed by atoms with Crippen LogP contribution in [0.4, 0.5) is 0 Å². The highest BCUT2D eigenvalue weighted by molar-refractivity contribution is 5.85. The zero-order chi connectivity index (χ0) is 18.9. The molecule has 1 saturated carbocycles. The number of piperidine rings is 1. The second kappa shape index (κ2) is 7.45. The molecule has 2 aliphatic rings. The lowest BCUT2D eigenvalue weighted by atomic mass is 9.75. The van der Waals surface area contributed by atoms with Gasteiger partial charge in [0.2, 0.25) is 5.60 Å². The number of nitrogens with zero attached hydrogens (tertiary/aromatic N) is 1. The number of likely N-dealkylation sites (tertiary alicyclic amines) is 1. The molecule has 1 heterocycles. The summed E-state index contributed by atoms with van der Waals surface area (Å²) in [7, 11) is 2.13. The van der Waals surface area contributed by atoms with Gasteiger partial charge in [-0.3, -0.25) is 0 Å². The molecule has 2 aromatic rings. The molecule has 1 aliphatic carbocycles. The minimum atomic E-state index is -1.79. The van der Waals surface area contributed by atoms with Crippen molar-refractivity contribution in [2.45, 2.75) is 31.0 Å². The number of aliphatic hydroxyl groups is 1. The largest absolute Gasteiger partial charge is 0.459 e. The van der Waals surface area contributed by atoms with E-state index in [0.29, 0.717) is 23.0 Å². The lowest BCUT2D eigenvalue weighted by Crippen LogP contribution is -2.53. The van der Waals surface area contributed by atoms with E-state index in [-0.39, 0.29) is 6.10 Å². The number of carbonyl (C=O) groups is 1. The Morgan fingerprint density at radius 3 is 1.93 bits per heavy atom. The van der Waals surface area contributed by atoms with E-state index in [0.717, 1.165) is 25.9 Å². The predicted octanol–water partition coefficient (Wildman–Crippen LogP) is 3.20. The van der Waals surface area contributed by atoms with Gasteiger partial charge in [0.1, 0.15) is 6.10 Å². The molecule has 0 spiro atoms. The average molecular weight is 365 g/mol. The van der Waals surface area contributed by atoms with Gasteiger partial charge in [-0.05, 0) is 31.0 Å². The van der Waals surface area contributed by atoms with E-state index in [1.165, 1.54) is 6.42 Å². The molecule has 2 fully saturated rings. The van der Waals surface area contributed by atoms with Crippen molar-refractivity contribution in [3.63, 3.8) is 0 Å². The lowest BCUT2D eigenvalue weighted by molar-refractivity contribution is -0.180. The van der Waals surface area contributed by atoms with E-state index in [2.05, 4.69) is 11.9 Å². The zero-order valence-corrected chi connectivity index (χ0v) is 15.8. The van der Waals surface area contributed by atoms with Crippen LogP contribution < -0.4 is 0 Å². The van der Waals surface area contributed by atoms with Crippen molar-refractivity contribution in [3.8, 4) is 0 Å². The highest BCUT2D eigenvalue weighted by Gasteiger charge is 2.47. The fourth-order valence-corrected chi connectivity index (χ4v) is 4.78. The third kappa shape index (κ3) is 3.40. The van der Waals surface area contributed by atoms with Crippen LogP contribution in [0.2, 0.25) is 0 Å². The lowest BCUT2D eigenvalue weighted by Gasteiger charge is -2.46. The molecule has 2 atom stereocenters. The fourth-order valence-electron chi connectivity index (χ4n) is 4.78. The minimum absolute atomic E-state index is 0.110. The van der Waals surface area contributed by atoms with Gasteiger partial charge >= 0.3 is 5.97 Å². The van der Waals surface area contributed by atoms with Crippen molar-refractivity contribution >= 4 is 5.97 Å². The van der Waals surface area contributed by atoms with E-state index in [9.17, 15) is 9.90 Å². The first-order valence-electron chi connectivity index (χ1n) is 9.82. The van der Waals surface area contributed by atoms with Crippen LogP contribution in [-0.2, 0) is 15.1 Å². The van der Waals surface area contributed by atoms with Gasteiger partial charge < -0.3 is 14.7 Å². The summed E-state index contributed by atoms with van der Waals surface area (Å²) in [5.74, 6) is 0.135. The Balaban J connectivity index is 1.66. The predicted molar refractivity (Wildman–Crippen MR) is 104 cm³/mol. The molecule has 27 heavy (non-hydrogen) atoms. The fraction of sp³-hybridized carbons (Fsp3) is 0.435. The number of rotatable bonds is 4. The van der Waals surface area contributed by atoms with Gasteiger partial charge in [-0.2, -0.15) is 0 Å². The molecular formula is C23H27NO3.